The van der Waals surface area contributed by atoms with Crippen molar-refractivity contribution in [2.45, 2.75) is 31.3 Å². The van der Waals surface area contributed by atoms with Crippen LogP contribution in [0.5, 0.6) is 0 Å². The van der Waals surface area contributed by atoms with Gasteiger partial charge in [0.05, 0.1) is 35.8 Å². The molecule has 90 valence electrons. The molecule has 2 saturated heterocycles. The molecular weight excluding hydrogens is 331 g/mol. The van der Waals surface area contributed by atoms with Gasteiger partial charge in [0.25, 0.3) is 0 Å². The quantitative estimate of drug-likeness (QED) is 0.417. The lowest BCUT2D eigenvalue weighted by Gasteiger charge is -2.15. The Kier molecular flexibility index (Phi) is 3.65. The topological polar surface area (TPSA) is 71.1 Å². The molecule has 6 nitrogen and oxygen atoms in total. The van der Waals surface area contributed by atoms with Crippen LogP contribution >= 0.6 is 22.6 Å². The highest BCUT2D eigenvalue weighted by atomic mass is 127. The monoisotopic (exact) mass is 342 g/mol. The van der Waals surface area contributed by atoms with Crippen molar-refractivity contribution in [2.24, 2.45) is 0 Å². The highest BCUT2D eigenvalue weighted by Gasteiger charge is 2.50. The Morgan fingerprint density at radius 1 is 1.12 bits per heavy atom. The number of carbonyl (C=O) groups is 2. The number of ether oxygens (including phenoxy) is 4. The first kappa shape index (κ1) is 12.1. The molecule has 16 heavy (non-hydrogen) atoms. The van der Waals surface area contributed by atoms with Crippen molar-refractivity contribution >= 4 is 32.5 Å². The molecule has 2 fully saturated rings. The molecule has 0 N–H and O–H groups in total. The van der Waals surface area contributed by atoms with Gasteiger partial charge in [-0.1, -0.05) is 0 Å². The van der Waals surface area contributed by atoms with E-state index < -0.39 is 16.2 Å². The lowest BCUT2D eigenvalue weighted by Crippen LogP contribution is -2.35. The van der Waals surface area contributed by atoms with E-state index in [-0.39, 0.29) is 31.4 Å². The third-order valence-electron chi connectivity index (χ3n) is 2.52. The minimum Gasteiger partial charge on any atom is -0.457 e. The van der Waals surface area contributed by atoms with Gasteiger partial charge >= 0.3 is 9.95 Å². The molecule has 0 bridgehead atoms. The number of hydrogen-bond donors (Lipinski definition) is 0. The Balaban J connectivity index is 1.95. The fourth-order valence-electron chi connectivity index (χ4n) is 1.96. The molecule has 0 spiro atoms. The molecule has 4 atom stereocenters. The van der Waals surface area contributed by atoms with Gasteiger partial charge in [0.2, 0.25) is 0 Å². The van der Waals surface area contributed by atoms with Crippen LogP contribution in [-0.4, -0.2) is 47.6 Å². The Hall–Kier alpha value is -0.410. The van der Waals surface area contributed by atoms with Crippen LogP contribution in [0.2, 0.25) is 0 Å². The highest BCUT2D eigenvalue weighted by molar-refractivity contribution is 14.1. The molecule has 0 saturated carbocycles. The fraction of sp³-hybridized carbons (Fsp3) is 0.778. The van der Waals surface area contributed by atoms with Crippen LogP contribution in [-0.2, 0) is 23.7 Å². The lowest BCUT2D eigenvalue weighted by atomic mass is 10.1. The second-order valence-corrected chi connectivity index (χ2v) is 4.52. The molecule has 0 aromatic rings. The van der Waals surface area contributed by atoms with Crippen molar-refractivity contribution in [1.82, 2.24) is 0 Å². The van der Waals surface area contributed by atoms with E-state index in [1.54, 1.807) is 22.6 Å². The average Bonchev–Trinajstić information content (AvgIpc) is 2.70. The normalized spacial score (nSPS) is 36.9. The summed E-state index contributed by atoms with van der Waals surface area (Å²) in [6, 6.07) is 0. The third kappa shape index (κ3) is 2.46. The van der Waals surface area contributed by atoms with Crippen molar-refractivity contribution in [3.8, 4) is 0 Å². The summed E-state index contributed by atoms with van der Waals surface area (Å²) in [6.45, 7) is 1.90. The number of fused-ring (bicyclic) bond motifs is 1. The van der Waals surface area contributed by atoms with Crippen molar-refractivity contribution < 1.29 is 28.5 Å². The second kappa shape index (κ2) is 4.84. The zero-order chi connectivity index (χ0) is 11.7. The summed E-state index contributed by atoms with van der Waals surface area (Å²) in [4.78, 5) is 21.6. The highest BCUT2D eigenvalue weighted by Crippen LogP contribution is 2.30. The predicted octanol–water partition coefficient (Wildman–Crippen LogP) is 0.656. The van der Waals surface area contributed by atoms with E-state index >= 15 is 0 Å². The summed E-state index contributed by atoms with van der Waals surface area (Å²) in [7, 11) is 0. The van der Waals surface area contributed by atoms with Gasteiger partial charge in [0.1, 0.15) is 12.2 Å². The second-order valence-electron chi connectivity index (χ2n) is 3.64. The first-order valence-electron chi connectivity index (χ1n) is 4.84. The minimum absolute atomic E-state index is 0.280. The van der Waals surface area contributed by atoms with Crippen LogP contribution in [0.25, 0.3) is 0 Å². The van der Waals surface area contributed by atoms with Crippen molar-refractivity contribution in [3.63, 3.8) is 0 Å². The molecular formula is C9H11IO6. The van der Waals surface area contributed by atoms with E-state index in [0.29, 0.717) is 0 Å². The Morgan fingerprint density at radius 3 is 2.06 bits per heavy atom. The van der Waals surface area contributed by atoms with E-state index in [4.69, 9.17) is 18.9 Å². The summed E-state index contributed by atoms with van der Waals surface area (Å²) in [5.41, 5.74) is 0. The van der Waals surface area contributed by atoms with Gasteiger partial charge in [-0.05, 0) is 0 Å². The van der Waals surface area contributed by atoms with Gasteiger partial charge in [-0.15, -0.1) is 0 Å². The first-order valence-corrected chi connectivity index (χ1v) is 5.92. The maximum atomic E-state index is 10.8. The molecule has 0 amide bonds. The molecule has 0 aromatic heterocycles. The van der Waals surface area contributed by atoms with Gasteiger partial charge < -0.3 is 18.9 Å². The summed E-state index contributed by atoms with van der Waals surface area (Å²) in [6.07, 6.45) is -1.47. The van der Waals surface area contributed by atoms with E-state index in [1.165, 1.54) is 6.92 Å². The summed E-state index contributed by atoms with van der Waals surface area (Å²) >= 11 is 1.55. The Labute approximate surface area is 106 Å². The number of hydrogen-bond acceptors (Lipinski definition) is 6. The van der Waals surface area contributed by atoms with Crippen LogP contribution in [0, 0.1) is 0 Å². The van der Waals surface area contributed by atoms with Crippen molar-refractivity contribution in [3.05, 3.63) is 0 Å². The number of carbonyl (C=O) groups excluding carboxylic acids is 2. The van der Waals surface area contributed by atoms with Crippen molar-refractivity contribution in [1.29, 1.82) is 0 Å². The summed E-state index contributed by atoms with van der Waals surface area (Å²) < 4.78 is 20.5. The SMILES string of the molecule is CC(=O)OC1COC2C(OC(=O)I)COC12. The molecule has 2 rings (SSSR count). The van der Waals surface area contributed by atoms with Gasteiger partial charge in [-0.2, -0.15) is 0 Å². The third-order valence-corrected chi connectivity index (χ3v) is 2.78. The van der Waals surface area contributed by atoms with E-state index in [1.807, 2.05) is 0 Å². The zero-order valence-corrected chi connectivity index (χ0v) is 10.7. The van der Waals surface area contributed by atoms with Crippen LogP contribution in [0.1, 0.15) is 6.92 Å². The molecule has 7 heteroatoms. The van der Waals surface area contributed by atoms with Gasteiger partial charge in [-0.25, -0.2) is 4.79 Å². The molecule has 4 unspecified atom stereocenters. The number of halogens is 1. The van der Waals surface area contributed by atoms with Crippen LogP contribution < -0.4 is 0 Å². The van der Waals surface area contributed by atoms with Gasteiger partial charge in [0.15, 0.2) is 12.2 Å². The molecule has 2 aliphatic rings. The number of rotatable bonds is 2. The van der Waals surface area contributed by atoms with E-state index in [0.717, 1.165) is 0 Å². The van der Waals surface area contributed by atoms with E-state index in [9.17, 15) is 9.59 Å². The fourth-order valence-corrected chi connectivity index (χ4v) is 2.29. The van der Waals surface area contributed by atoms with Crippen LogP contribution in [0.3, 0.4) is 0 Å². The maximum absolute atomic E-state index is 10.8. The molecule has 0 radical (unpaired) electrons. The summed E-state index contributed by atoms with van der Waals surface area (Å²) in [5.74, 6) is -0.368. The Bertz CT molecular complexity index is 276. The minimum atomic E-state index is -0.407. The smallest absolute Gasteiger partial charge is 0.367 e. The van der Waals surface area contributed by atoms with E-state index in [2.05, 4.69) is 0 Å². The van der Waals surface area contributed by atoms with Crippen molar-refractivity contribution in [2.75, 3.05) is 13.2 Å². The lowest BCUT2D eigenvalue weighted by molar-refractivity contribution is -0.151. The largest absolute Gasteiger partial charge is 0.457 e. The maximum Gasteiger partial charge on any atom is 0.367 e. The number of esters is 1. The Morgan fingerprint density at radius 2 is 1.62 bits per heavy atom. The molecule has 0 aromatic carbocycles. The van der Waals surface area contributed by atoms with Gasteiger partial charge in [-0.3, -0.25) is 4.79 Å². The first-order chi connectivity index (χ1) is 7.58. The summed E-state index contributed by atoms with van der Waals surface area (Å²) in [5, 5.41) is 0. The molecule has 2 aliphatic heterocycles. The average molecular weight is 342 g/mol. The standard InChI is InChI=1S/C9H11IO6/c1-4(11)15-5-2-13-8-6(16-9(10)12)3-14-7(5)8/h5-8H,2-3H2,1H3. The van der Waals surface area contributed by atoms with Crippen LogP contribution in [0.15, 0.2) is 0 Å². The molecule has 2 heterocycles. The predicted molar refractivity (Wildman–Crippen MR) is 59.3 cm³/mol. The van der Waals surface area contributed by atoms with Gasteiger partial charge in [0, 0.05) is 6.92 Å². The van der Waals surface area contributed by atoms with Crippen LogP contribution in [0.4, 0.5) is 4.79 Å². The zero-order valence-electron chi connectivity index (χ0n) is 8.55. The molecule has 0 aliphatic carbocycles.